The number of methoxy groups -OCH3 is 1. The molecule has 3 unspecified atom stereocenters. The normalized spacial score (nSPS) is 24.4. The first-order valence-corrected chi connectivity index (χ1v) is 6.62. The summed E-state index contributed by atoms with van der Waals surface area (Å²) in [5, 5.41) is 3.23. The molecule has 0 bridgehead atoms. The number of hydrogen-bond acceptors (Lipinski definition) is 4. The number of rotatable bonds is 5. The van der Waals surface area contributed by atoms with Gasteiger partial charge in [-0.05, 0) is 24.3 Å². The Bertz CT molecular complexity index is 512. The molecule has 0 aliphatic heterocycles. The van der Waals surface area contributed by atoms with Gasteiger partial charge in [-0.25, -0.2) is 4.79 Å². The van der Waals surface area contributed by atoms with Gasteiger partial charge in [-0.2, -0.15) is 0 Å². The smallest absolute Gasteiger partial charge is 0.333 e. The van der Waals surface area contributed by atoms with Gasteiger partial charge in [0.05, 0.1) is 7.11 Å². The molecule has 1 aromatic rings. The number of carbonyl (C=O) groups is 2. The summed E-state index contributed by atoms with van der Waals surface area (Å²) in [6.07, 6.45) is 0.856. The largest absolute Gasteiger partial charge is 0.466 e. The molecule has 1 aliphatic rings. The highest BCUT2D eigenvalue weighted by Gasteiger charge is 2.53. The second kappa shape index (κ2) is 5.57. The van der Waals surface area contributed by atoms with Gasteiger partial charge in [-0.3, -0.25) is 0 Å². The lowest BCUT2D eigenvalue weighted by Gasteiger charge is -2.06. The molecule has 1 fully saturated rings. The van der Waals surface area contributed by atoms with E-state index in [-0.39, 0.29) is 17.9 Å². The summed E-state index contributed by atoms with van der Waals surface area (Å²) in [6.45, 7) is 3.71. The molecular formula is C14H14BrNO3. The molecule has 100 valence electrons. The minimum Gasteiger partial charge on any atom is -0.466 e. The average molecular weight is 324 g/mol. The van der Waals surface area contributed by atoms with E-state index in [4.69, 9.17) is 0 Å². The summed E-state index contributed by atoms with van der Waals surface area (Å²) in [5.74, 6) is -0.874. The SMILES string of the molecule is C=C(C(=O)OC)C1C(C=O)C1Nc1ccc(Br)cc1. The number of benzene rings is 1. The number of aldehydes is 1. The molecule has 1 aliphatic carbocycles. The monoisotopic (exact) mass is 323 g/mol. The van der Waals surface area contributed by atoms with Crippen molar-refractivity contribution in [3.63, 3.8) is 0 Å². The van der Waals surface area contributed by atoms with Crippen LogP contribution in [0.2, 0.25) is 0 Å². The zero-order valence-electron chi connectivity index (χ0n) is 10.4. The van der Waals surface area contributed by atoms with Crippen LogP contribution in [0.5, 0.6) is 0 Å². The zero-order chi connectivity index (χ0) is 14.0. The van der Waals surface area contributed by atoms with Crippen LogP contribution in [0.3, 0.4) is 0 Å². The van der Waals surface area contributed by atoms with Gasteiger partial charge in [0.1, 0.15) is 6.29 Å². The molecule has 1 N–H and O–H groups in total. The van der Waals surface area contributed by atoms with Crippen LogP contribution < -0.4 is 5.32 Å². The van der Waals surface area contributed by atoms with Crippen LogP contribution in [-0.4, -0.2) is 25.4 Å². The van der Waals surface area contributed by atoms with Crippen LogP contribution >= 0.6 is 15.9 Å². The zero-order valence-corrected chi connectivity index (χ0v) is 12.0. The number of halogens is 1. The van der Waals surface area contributed by atoms with E-state index in [0.717, 1.165) is 16.4 Å². The summed E-state index contributed by atoms with van der Waals surface area (Å²) in [4.78, 5) is 22.4. The molecule has 1 saturated carbocycles. The Morgan fingerprint density at radius 3 is 2.58 bits per heavy atom. The van der Waals surface area contributed by atoms with Gasteiger partial charge in [-0.15, -0.1) is 0 Å². The lowest BCUT2D eigenvalue weighted by Crippen LogP contribution is -2.11. The van der Waals surface area contributed by atoms with Crippen molar-refractivity contribution in [1.82, 2.24) is 0 Å². The van der Waals surface area contributed by atoms with E-state index in [2.05, 4.69) is 32.6 Å². The highest BCUT2D eigenvalue weighted by Crippen LogP contribution is 2.44. The third-order valence-electron chi connectivity index (χ3n) is 3.26. The summed E-state index contributed by atoms with van der Waals surface area (Å²) >= 11 is 3.36. The van der Waals surface area contributed by atoms with Crippen LogP contribution in [0.25, 0.3) is 0 Å². The Hall–Kier alpha value is -1.62. The van der Waals surface area contributed by atoms with E-state index in [1.807, 2.05) is 24.3 Å². The molecule has 1 aromatic carbocycles. The van der Waals surface area contributed by atoms with Crippen molar-refractivity contribution >= 4 is 33.9 Å². The van der Waals surface area contributed by atoms with E-state index < -0.39 is 5.97 Å². The number of ether oxygens (including phenoxy) is 1. The first kappa shape index (κ1) is 13.8. The van der Waals surface area contributed by atoms with Crippen molar-refractivity contribution in [2.75, 3.05) is 12.4 Å². The molecule has 5 heteroatoms. The minimum atomic E-state index is -0.461. The highest BCUT2D eigenvalue weighted by atomic mass is 79.9. The minimum absolute atomic E-state index is 0.0923. The number of hydrogen-bond donors (Lipinski definition) is 1. The number of anilines is 1. The number of esters is 1. The van der Waals surface area contributed by atoms with Gasteiger partial charge < -0.3 is 14.8 Å². The predicted molar refractivity (Wildman–Crippen MR) is 75.8 cm³/mol. The van der Waals surface area contributed by atoms with Gasteiger partial charge in [0.15, 0.2) is 0 Å². The second-order valence-electron chi connectivity index (χ2n) is 4.43. The summed E-state index contributed by atoms with van der Waals surface area (Å²) in [5.41, 5.74) is 1.24. The lowest BCUT2D eigenvalue weighted by molar-refractivity contribution is -0.136. The molecule has 0 amide bonds. The Morgan fingerprint density at radius 1 is 1.42 bits per heavy atom. The molecular weight excluding hydrogens is 310 g/mol. The van der Waals surface area contributed by atoms with Gasteiger partial charge in [0.2, 0.25) is 0 Å². The molecule has 2 rings (SSSR count). The van der Waals surface area contributed by atoms with Gasteiger partial charge >= 0.3 is 5.97 Å². The molecule has 3 atom stereocenters. The molecule has 0 radical (unpaired) electrons. The Labute approximate surface area is 120 Å². The van der Waals surface area contributed by atoms with Crippen LogP contribution in [-0.2, 0) is 14.3 Å². The molecule has 4 nitrogen and oxygen atoms in total. The standard InChI is InChI=1S/C14H14BrNO3/c1-8(14(18)19-2)12-11(7-17)13(12)16-10-5-3-9(15)4-6-10/h3-7,11-13,16H,1H2,2H3. The van der Waals surface area contributed by atoms with Crippen LogP contribution in [0.4, 0.5) is 5.69 Å². The first-order chi connectivity index (χ1) is 9.08. The van der Waals surface area contributed by atoms with Crippen molar-refractivity contribution in [3.05, 3.63) is 40.9 Å². The predicted octanol–water partition coefficient (Wildman–Crippen LogP) is 2.40. The fourth-order valence-corrected chi connectivity index (χ4v) is 2.41. The number of carbonyl (C=O) groups excluding carboxylic acids is 2. The molecule has 0 aromatic heterocycles. The van der Waals surface area contributed by atoms with E-state index in [1.165, 1.54) is 7.11 Å². The second-order valence-corrected chi connectivity index (χ2v) is 5.35. The topological polar surface area (TPSA) is 55.4 Å². The summed E-state index contributed by atoms with van der Waals surface area (Å²) in [7, 11) is 1.31. The maximum atomic E-state index is 11.4. The van der Waals surface area contributed by atoms with Crippen LogP contribution in [0.15, 0.2) is 40.9 Å². The van der Waals surface area contributed by atoms with Crippen molar-refractivity contribution in [2.24, 2.45) is 11.8 Å². The molecule has 0 heterocycles. The fraction of sp³-hybridized carbons (Fsp3) is 0.286. The molecule has 19 heavy (non-hydrogen) atoms. The maximum Gasteiger partial charge on any atom is 0.333 e. The average Bonchev–Trinajstić information content (AvgIpc) is 3.12. The highest BCUT2D eigenvalue weighted by molar-refractivity contribution is 9.10. The Balaban J connectivity index is 2.05. The van der Waals surface area contributed by atoms with E-state index in [0.29, 0.717) is 5.57 Å². The quantitative estimate of drug-likeness (QED) is 0.513. The first-order valence-electron chi connectivity index (χ1n) is 5.83. The lowest BCUT2D eigenvalue weighted by atomic mass is 10.1. The summed E-state index contributed by atoms with van der Waals surface area (Å²) in [6, 6.07) is 7.53. The van der Waals surface area contributed by atoms with E-state index in [1.54, 1.807) is 0 Å². The fourth-order valence-electron chi connectivity index (χ4n) is 2.14. The molecule has 0 saturated heterocycles. The van der Waals surface area contributed by atoms with E-state index in [9.17, 15) is 9.59 Å². The van der Waals surface area contributed by atoms with E-state index >= 15 is 0 Å². The van der Waals surface area contributed by atoms with Crippen molar-refractivity contribution < 1.29 is 14.3 Å². The van der Waals surface area contributed by atoms with Crippen molar-refractivity contribution in [2.45, 2.75) is 6.04 Å². The van der Waals surface area contributed by atoms with Crippen LogP contribution in [0.1, 0.15) is 0 Å². The van der Waals surface area contributed by atoms with Crippen molar-refractivity contribution in [1.29, 1.82) is 0 Å². The Morgan fingerprint density at radius 2 is 2.05 bits per heavy atom. The van der Waals surface area contributed by atoms with Gasteiger partial charge in [0, 0.05) is 33.6 Å². The maximum absolute atomic E-state index is 11.4. The van der Waals surface area contributed by atoms with Crippen LogP contribution in [0, 0.1) is 11.8 Å². The Kier molecular flexibility index (Phi) is 4.04. The third-order valence-corrected chi connectivity index (χ3v) is 3.79. The summed E-state index contributed by atoms with van der Waals surface area (Å²) < 4.78 is 5.61. The van der Waals surface area contributed by atoms with Crippen molar-refractivity contribution in [3.8, 4) is 0 Å². The van der Waals surface area contributed by atoms with Gasteiger partial charge in [0.25, 0.3) is 0 Å². The third kappa shape index (κ3) is 2.87. The number of nitrogens with one attached hydrogen (secondary N) is 1. The van der Waals surface area contributed by atoms with Gasteiger partial charge in [-0.1, -0.05) is 22.5 Å². The molecule has 0 spiro atoms.